The normalized spacial score (nSPS) is 13.6. The molecule has 1 atom stereocenters. The lowest BCUT2D eigenvalue weighted by Crippen LogP contribution is -2.45. The maximum Gasteiger partial charge on any atom is 0.253 e. The Morgan fingerprint density at radius 1 is 1.25 bits per heavy atom. The molecular weight excluding hydrogens is 272 g/mol. The zero-order valence-corrected chi connectivity index (χ0v) is 12.3. The van der Waals surface area contributed by atoms with E-state index < -0.39 is 5.54 Å². The molecule has 1 heterocycles. The molecule has 0 saturated heterocycles. The number of carbonyl (C=O) groups excluding carboxylic acids is 1. The summed E-state index contributed by atoms with van der Waals surface area (Å²) in [6.07, 6.45) is 1.67. The number of benzene rings is 1. The minimum Gasteiger partial charge on any atom is -0.342 e. The first-order chi connectivity index (χ1) is 9.57. The smallest absolute Gasteiger partial charge is 0.253 e. The lowest BCUT2D eigenvalue weighted by atomic mass is 9.93. The van der Waals surface area contributed by atoms with Crippen LogP contribution in [-0.2, 0) is 5.54 Å². The van der Waals surface area contributed by atoms with E-state index >= 15 is 0 Å². The third-order valence-electron chi connectivity index (χ3n) is 3.32. The molecule has 0 aliphatic carbocycles. The summed E-state index contributed by atoms with van der Waals surface area (Å²) in [6, 6.07) is 13.2. The maximum atomic E-state index is 12.4. The molecule has 1 aromatic carbocycles. The van der Waals surface area contributed by atoms with Crippen molar-refractivity contribution < 1.29 is 4.79 Å². The molecule has 0 bridgehead atoms. The molecule has 2 aromatic rings. The number of rotatable bonds is 4. The van der Waals surface area contributed by atoms with Gasteiger partial charge in [0.2, 0.25) is 0 Å². The van der Waals surface area contributed by atoms with Crippen LogP contribution in [0.2, 0.25) is 0 Å². The van der Waals surface area contributed by atoms with E-state index in [1.54, 1.807) is 18.3 Å². The topological polar surface area (TPSA) is 42.0 Å². The first-order valence-corrected chi connectivity index (χ1v) is 6.96. The van der Waals surface area contributed by atoms with Crippen molar-refractivity contribution in [1.82, 2.24) is 10.3 Å². The second-order valence-electron chi connectivity index (χ2n) is 4.92. The van der Waals surface area contributed by atoms with Crippen LogP contribution in [0.5, 0.6) is 0 Å². The number of hydrogen-bond acceptors (Lipinski definition) is 2. The SMILES string of the molecule is Cc1ncccc1C(=O)NC(C)(CCl)c1ccccc1. The van der Waals surface area contributed by atoms with Gasteiger partial charge in [0.1, 0.15) is 0 Å². The van der Waals surface area contributed by atoms with Crippen LogP contribution < -0.4 is 5.32 Å². The Morgan fingerprint density at radius 2 is 1.95 bits per heavy atom. The number of aromatic nitrogens is 1. The van der Waals surface area contributed by atoms with Crippen LogP contribution in [0.4, 0.5) is 0 Å². The number of aryl methyl sites for hydroxylation is 1. The van der Waals surface area contributed by atoms with Crippen LogP contribution >= 0.6 is 11.6 Å². The fraction of sp³-hybridized carbons (Fsp3) is 0.250. The van der Waals surface area contributed by atoms with Crippen molar-refractivity contribution in [2.75, 3.05) is 5.88 Å². The predicted molar refractivity (Wildman–Crippen MR) is 81.0 cm³/mol. The Bertz CT molecular complexity index is 600. The van der Waals surface area contributed by atoms with E-state index in [2.05, 4.69) is 10.3 Å². The standard InChI is InChI=1S/C16H17ClN2O/c1-12-14(9-6-10-18-12)15(20)19-16(2,11-17)13-7-4-3-5-8-13/h3-10H,11H2,1-2H3,(H,19,20). The van der Waals surface area contributed by atoms with Gasteiger partial charge in [-0.25, -0.2) is 0 Å². The molecule has 1 unspecified atom stereocenters. The fourth-order valence-corrected chi connectivity index (χ4v) is 2.25. The highest BCUT2D eigenvalue weighted by Crippen LogP contribution is 2.23. The summed E-state index contributed by atoms with van der Waals surface area (Å²) in [4.78, 5) is 16.5. The number of amides is 1. The molecule has 104 valence electrons. The van der Waals surface area contributed by atoms with E-state index in [9.17, 15) is 4.79 Å². The number of hydrogen-bond donors (Lipinski definition) is 1. The van der Waals surface area contributed by atoms with Crippen LogP contribution in [0.1, 0.15) is 28.5 Å². The van der Waals surface area contributed by atoms with Crippen LogP contribution in [-0.4, -0.2) is 16.8 Å². The quantitative estimate of drug-likeness (QED) is 0.877. The van der Waals surface area contributed by atoms with E-state index in [0.29, 0.717) is 17.1 Å². The molecule has 0 radical (unpaired) electrons. The van der Waals surface area contributed by atoms with Crippen LogP contribution in [0.25, 0.3) is 0 Å². The van der Waals surface area contributed by atoms with Gasteiger partial charge in [0.15, 0.2) is 0 Å². The molecule has 0 spiro atoms. The van der Waals surface area contributed by atoms with Gasteiger partial charge in [0, 0.05) is 17.8 Å². The van der Waals surface area contributed by atoms with Crippen LogP contribution in [0, 0.1) is 6.92 Å². The van der Waals surface area contributed by atoms with E-state index in [-0.39, 0.29) is 5.91 Å². The van der Waals surface area contributed by atoms with Crippen molar-refractivity contribution in [2.45, 2.75) is 19.4 Å². The zero-order valence-electron chi connectivity index (χ0n) is 11.6. The third-order valence-corrected chi connectivity index (χ3v) is 3.85. The van der Waals surface area contributed by atoms with E-state index in [1.807, 2.05) is 44.2 Å². The van der Waals surface area contributed by atoms with Crippen molar-refractivity contribution in [1.29, 1.82) is 0 Å². The Kier molecular flexibility index (Phi) is 4.40. The highest BCUT2D eigenvalue weighted by atomic mass is 35.5. The van der Waals surface area contributed by atoms with E-state index in [1.165, 1.54) is 0 Å². The summed E-state index contributed by atoms with van der Waals surface area (Å²) in [5, 5.41) is 3.01. The maximum absolute atomic E-state index is 12.4. The molecule has 20 heavy (non-hydrogen) atoms. The summed E-state index contributed by atoms with van der Waals surface area (Å²) in [5.41, 5.74) is 1.64. The average Bonchev–Trinajstić information content (AvgIpc) is 2.48. The van der Waals surface area contributed by atoms with E-state index in [4.69, 9.17) is 11.6 Å². The van der Waals surface area contributed by atoms with Gasteiger partial charge in [0.25, 0.3) is 5.91 Å². The van der Waals surface area contributed by atoms with Gasteiger partial charge in [-0.2, -0.15) is 0 Å². The van der Waals surface area contributed by atoms with E-state index in [0.717, 1.165) is 5.56 Å². The zero-order chi connectivity index (χ0) is 14.6. The molecule has 0 fully saturated rings. The van der Waals surface area contributed by atoms with Gasteiger partial charge in [-0.1, -0.05) is 30.3 Å². The minimum absolute atomic E-state index is 0.164. The first kappa shape index (κ1) is 14.5. The second-order valence-corrected chi connectivity index (χ2v) is 5.19. The Morgan fingerprint density at radius 3 is 2.55 bits per heavy atom. The summed E-state index contributed by atoms with van der Waals surface area (Å²) < 4.78 is 0. The van der Waals surface area contributed by atoms with Crippen molar-refractivity contribution in [2.24, 2.45) is 0 Å². The molecule has 0 aliphatic heterocycles. The van der Waals surface area contributed by atoms with Crippen molar-refractivity contribution in [3.8, 4) is 0 Å². The van der Waals surface area contributed by atoms with Gasteiger partial charge >= 0.3 is 0 Å². The lowest BCUT2D eigenvalue weighted by Gasteiger charge is -2.29. The Balaban J connectivity index is 2.27. The van der Waals surface area contributed by atoms with Crippen LogP contribution in [0.15, 0.2) is 48.7 Å². The van der Waals surface area contributed by atoms with Gasteiger partial charge in [-0.15, -0.1) is 11.6 Å². The van der Waals surface area contributed by atoms with Gasteiger partial charge in [-0.3, -0.25) is 9.78 Å². The minimum atomic E-state index is -0.609. The monoisotopic (exact) mass is 288 g/mol. The number of nitrogens with zero attached hydrogens (tertiary/aromatic N) is 1. The molecule has 3 nitrogen and oxygen atoms in total. The fourth-order valence-electron chi connectivity index (χ4n) is 2.03. The molecule has 1 aromatic heterocycles. The summed E-state index contributed by atoms with van der Waals surface area (Å²) in [5.74, 6) is 0.129. The molecule has 2 rings (SSSR count). The van der Waals surface area contributed by atoms with Gasteiger partial charge in [-0.05, 0) is 31.5 Å². The van der Waals surface area contributed by atoms with Crippen molar-refractivity contribution >= 4 is 17.5 Å². The summed E-state index contributed by atoms with van der Waals surface area (Å²) >= 11 is 6.08. The Labute approximate surface area is 124 Å². The van der Waals surface area contributed by atoms with Crippen LogP contribution in [0.3, 0.4) is 0 Å². The lowest BCUT2D eigenvalue weighted by molar-refractivity contribution is 0.0912. The number of halogens is 1. The summed E-state index contributed by atoms with van der Waals surface area (Å²) in [7, 11) is 0. The third kappa shape index (κ3) is 2.99. The molecule has 0 saturated carbocycles. The highest BCUT2D eigenvalue weighted by Gasteiger charge is 2.28. The number of carbonyl (C=O) groups is 1. The van der Waals surface area contributed by atoms with Crippen molar-refractivity contribution in [3.05, 3.63) is 65.5 Å². The molecule has 1 N–H and O–H groups in total. The Hall–Kier alpha value is -1.87. The van der Waals surface area contributed by atoms with Gasteiger partial charge < -0.3 is 5.32 Å². The second kappa shape index (κ2) is 6.06. The summed E-state index contributed by atoms with van der Waals surface area (Å²) in [6.45, 7) is 3.73. The first-order valence-electron chi connectivity index (χ1n) is 6.42. The number of nitrogens with one attached hydrogen (secondary N) is 1. The molecular formula is C16H17ClN2O. The molecule has 1 amide bonds. The van der Waals surface area contributed by atoms with Crippen molar-refractivity contribution in [3.63, 3.8) is 0 Å². The largest absolute Gasteiger partial charge is 0.342 e. The number of alkyl halides is 1. The molecule has 4 heteroatoms. The predicted octanol–water partition coefficient (Wildman–Crippen LogP) is 3.27. The van der Waals surface area contributed by atoms with Gasteiger partial charge in [0.05, 0.1) is 11.1 Å². The number of pyridine rings is 1. The molecule has 0 aliphatic rings. The average molecular weight is 289 g/mol. The highest BCUT2D eigenvalue weighted by molar-refractivity contribution is 6.19.